The topological polar surface area (TPSA) is 89.3 Å². The lowest BCUT2D eigenvalue weighted by atomic mass is 10.1. The number of primary amides is 1. The molecule has 0 radical (unpaired) electrons. The predicted octanol–water partition coefficient (Wildman–Crippen LogP) is -0.648. The van der Waals surface area contributed by atoms with Gasteiger partial charge >= 0.3 is 0 Å². The summed E-state index contributed by atoms with van der Waals surface area (Å²) in [5.74, 6) is -0.360. The Morgan fingerprint density at radius 2 is 2.09 bits per heavy atom. The standard InChI is InChI=1S/C7H16N2O2/c8-6(5-7(9)11)3-1-2-4-10/h6,10H,1-5,8H2,(H2,9,11). The molecule has 0 spiro atoms. The van der Waals surface area contributed by atoms with Crippen molar-refractivity contribution in [1.29, 1.82) is 0 Å². The molecule has 1 atom stereocenters. The van der Waals surface area contributed by atoms with Crippen LogP contribution in [0.5, 0.6) is 0 Å². The molecule has 1 unspecified atom stereocenters. The summed E-state index contributed by atoms with van der Waals surface area (Å²) in [6.07, 6.45) is 2.59. The van der Waals surface area contributed by atoms with Crippen LogP contribution < -0.4 is 11.5 Å². The van der Waals surface area contributed by atoms with Crippen LogP contribution in [0.1, 0.15) is 25.7 Å². The lowest BCUT2D eigenvalue weighted by Crippen LogP contribution is -2.27. The van der Waals surface area contributed by atoms with Crippen LogP contribution in [-0.2, 0) is 4.79 Å². The maximum atomic E-state index is 10.3. The van der Waals surface area contributed by atoms with E-state index in [1.165, 1.54) is 0 Å². The number of nitrogens with two attached hydrogens (primary N) is 2. The van der Waals surface area contributed by atoms with E-state index in [1.807, 2.05) is 0 Å². The van der Waals surface area contributed by atoms with Crippen molar-refractivity contribution in [3.63, 3.8) is 0 Å². The summed E-state index contributed by atoms with van der Waals surface area (Å²) in [6, 6.07) is -0.140. The summed E-state index contributed by atoms with van der Waals surface area (Å²) in [5.41, 5.74) is 10.5. The zero-order valence-electron chi connectivity index (χ0n) is 6.62. The van der Waals surface area contributed by atoms with Crippen LogP contribution in [0.25, 0.3) is 0 Å². The molecule has 66 valence electrons. The first-order chi connectivity index (χ1) is 5.16. The highest BCUT2D eigenvalue weighted by Crippen LogP contribution is 2.00. The van der Waals surface area contributed by atoms with Crippen LogP contribution >= 0.6 is 0 Å². The minimum absolute atomic E-state index is 0.140. The van der Waals surface area contributed by atoms with Crippen molar-refractivity contribution in [3.05, 3.63) is 0 Å². The molecule has 0 saturated carbocycles. The number of aliphatic hydroxyl groups excluding tert-OH is 1. The van der Waals surface area contributed by atoms with Crippen molar-refractivity contribution in [3.8, 4) is 0 Å². The van der Waals surface area contributed by atoms with Gasteiger partial charge < -0.3 is 16.6 Å². The summed E-state index contributed by atoms with van der Waals surface area (Å²) in [7, 11) is 0. The van der Waals surface area contributed by atoms with Crippen molar-refractivity contribution in [2.75, 3.05) is 6.61 Å². The van der Waals surface area contributed by atoms with Crippen molar-refractivity contribution in [2.24, 2.45) is 11.5 Å². The molecule has 0 aromatic carbocycles. The Morgan fingerprint density at radius 1 is 1.45 bits per heavy atom. The van der Waals surface area contributed by atoms with Gasteiger partial charge in [-0.25, -0.2) is 0 Å². The van der Waals surface area contributed by atoms with Crippen LogP contribution in [0.2, 0.25) is 0 Å². The Morgan fingerprint density at radius 3 is 2.55 bits per heavy atom. The number of aliphatic hydroxyl groups is 1. The second-order valence-electron chi connectivity index (χ2n) is 2.65. The first kappa shape index (κ1) is 10.4. The average Bonchev–Trinajstić information content (AvgIpc) is 1.86. The van der Waals surface area contributed by atoms with Gasteiger partial charge in [-0.2, -0.15) is 0 Å². The normalized spacial score (nSPS) is 12.9. The van der Waals surface area contributed by atoms with E-state index in [0.29, 0.717) is 0 Å². The summed E-state index contributed by atoms with van der Waals surface area (Å²) in [4.78, 5) is 10.3. The summed E-state index contributed by atoms with van der Waals surface area (Å²) in [6.45, 7) is 0.184. The summed E-state index contributed by atoms with van der Waals surface area (Å²) >= 11 is 0. The fourth-order valence-corrected chi connectivity index (χ4v) is 0.879. The van der Waals surface area contributed by atoms with Gasteiger partial charge in [0.2, 0.25) is 5.91 Å². The van der Waals surface area contributed by atoms with Gasteiger partial charge in [0, 0.05) is 19.1 Å². The van der Waals surface area contributed by atoms with E-state index in [1.54, 1.807) is 0 Å². The molecular weight excluding hydrogens is 144 g/mol. The van der Waals surface area contributed by atoms with Crippen molar-refractivity contribution in [1.82, 2.24) is 0 Å². The van der Waals surface area contributed by atoms with E-state index in [9.17, 15) is 4.79 Å². The smallest absolute Gasteiger partial charge is 0.218 e. The third kappa shape index (κ3) is 7.29. The van der Waals surface area contributed by atoms with Crippen LogP contribution in [0, 0.1) is 0 Å². The van der Waals surface area contributed by atoms with Gasteiger partial charge in [-0.15, -0.1) is 0 Å². The van der Waals surface area contributed by atoms with Gasteiger partial charge in [0.15, 0.2) is 0 Å². The van der Waals surface area contributed by atoms with E-state index in [0.717, 1.165) is 19.3 Å². The second-order valence-corrected chi connectivity index (χ2v) is 2.65. The fraction of sp³-hybridized carbons (Fsp3) is 0.857. The molecule has 0 aliphatic carbocycles. The van der Waals surface area contributed by atoms with Crippen LogP contribution in [-0.4, -0.2) is 23.7 Å². The number of amides is 1. The number of carbonyl (C=O) groups excluding carboxylic acids is 1. The third-order valence-corrected chi connectivity index (χ3v) is 1.45. The van der Waals surface area contributed by atoms with E-state index >= 15 is 0 Å². The van der Waals surface area contributed by atoms with Crippen LogP contribution in [0.15, 0.2) is 0 Å². The maximum Gasteiger partial charge on any atom is 0.218 e. The molecular formula is C7H16N2O2. The van der Waals surface area contributed by atoms with E-state index < -0.39 is 0 Å². The van der Waals surface area contributed by atoms with Crippen molar-refractivity contribution < 1.29 is 9.90 Å². The first-order valence-electron chi connectivity index (χ1n) is 3.81. The highest BCUT2D eigenvalue weighted by atomic mass is 16.2. The molecule has 11 heavy (non-hydrogen) atoms. The Hall–Kier alpha value is -0.610. The summed E-state index contributed by atoms with van der Waals surface area (Å²) in [5, 5.41) is 8.43. The molecule has 0 aromatic rings. The minimum Gasteiger partial charge on any atom is -0.396 e. The van der Waals surface area contributed by atoms with E-state index in [-0.39, 0.29) is 25.0 Å². The molecule has 0 aromatic heterocycles. The second kappa shape index (κ2) is 6.12. The summed E-state index contributed by atoms with van der Waals surface area (Å²) < 4.78 is 0. The molecule has 0 saturated heterocycles. The highest BCUT2D eigenvalue weighted by molar-refractivity contribution is 5.74. The van der Waals surface area contributed by atoms with Gasteiger partial charge in [-0.1, -0.05) is 0 Å². The van der Waals surface area contributed by atoms with Gasteiger partial charge in [-0.3, -0.25) is 4.79 Å². The minimum atomic E-state index is -0.360. The molecule has 5 N–H and O–H groups in total. The first-order valence-corrected chi connectivity index (χ1v) is 3.81. The molecule has 4 heteroatoms. The van der Waals surface area contributed by atoms with Crippen molar-refractivity contribution in [2.45, 2.75) is 31.7 Å². The van der Waals surface area contributed by atoms with E-state index in [4.69, 9.17) is 16.6 Å². The van der Waals surface area contributed by atoms with E-state index in [2.05, 4.69) is 0 Å². The third-order valence-electron chi connectivity index (χ3n) is 1.45. The highest BCUT2D eigenvalue weighted by Gasteiger charge is 2.04. The molecule has 4 nitrogen and oxygen atoms in total. The quantitative estimate of drug-likeness (QED) is 0.451. The Kier molecular flexibility index (Phi) is 5.78. The molecule has 1 amide bonds. The lowest BCUT2D eigenvalue weighted by molar-refractivity contribution is -0.118. The largest absolute Gasteiger partial charge is 0.396 e. The molecule has 0 fully saturated rings. The molecule has 0 aliphatic heterocycles. The number of carbonyl (C=O) groups is 1. The zero-order valence-corrected chi connectivity index (χ0v) is 6.62. The molecule has 0 bridgehead atoms. The van der Waals surface area contributed by atoms with Gasteiger partial charge in [-0.05, 0) is 19.3 Å². The van der Waals surface area contributed by atoms with Gasteiger partial charge in [0.1, 0.15) is 0 Å². The Bertz CT molecular complexity index is 117. The molecule has 0 heterocycles. The molecule has 0 rings (SSSR count). The Labute approximate surface area is 66.6 Å². The molecule has 0 aliphatic rings. The van der Waals surface area contributed by atoms with Crippen molar-refractivity contribution >= 4 is 5.91 Å². The predicted molar refractivity (Wildman–Crippen MR) is 42.7 cm³/mol. The monoisotopic (exact) mass is 160 g/mol. The zero-order chi connectivity index (χ0) is 8.69. The number of hydrogen-bond donors (Lipinski definition) is 3. The maximum absolute atomic E-state index is 10.3. The Balaban J connectivity index is 3.22. The van der Waals surface area contributed by atoms with Gasteiger partial charge in [0.25, 0.3) is 0 Å². The number of unbranched alkanes of at least 4 members (excludes halogenated alkanes) is 1. The average molecular weight is 160 g/mol. The SMILES string of the molecule is NC(=O)CC(N)CCCCO. The number of rotatable bonds is 6. The van der Waals surface area contributed by atoms with Crippen LogP contribution in [0.3, 0.4) is 0 Å². The lowest BCUT2D eigenvalue weighted by Gasteiger charge is -2.07. The fourth-order valence-electron chi connectivity index (χ4n) is 0.879. The van der Waals surface area contributed by atoms with Crippen LogP contribution in [0.4, 0.5) is 0 Å². The number of hydrogen-bond acceptors (Lipinski definition) is 3. The van der Waals surface area contributed by atoms with Gasteiger partial charge in [0.05, 0.1) is 0 Å².